The van der Waals surface area contributed by atoms with Gasteiger partial charge in [0.15, 0.2) is 0 Å². The Morgan fingerprint density at radius 1 is 1.16 bits per heavy atom. The van der Waals surface area contributed by atoms with E-state index in [4.69, 9.17) is 9.47 Å². The summed E-state index contributed by atoms with van der Waals surface area (Å²) in [6.07, 6.45) is 4.06. The van der Waals surface area contributed by atoms with E-state index in [2.05, 4.69) is 4.90 Å². The molecule has 0 aromatic heterocycles. The van der Waals surface area contributed by atoms with E-state index >= 15 is 0 Å². The first-order valence-corrected chi connectivity index (χ1v) is 11.8. The zero-order chi connectivity index (χ0) is 21.8. The number of benzene rings is 1. The van der Waals surface area contributed by atoms with Crippen LogP contribution in [0.4, 0.5) is 0 Å². The van der Waals surface area contributed by atoms with Gasteiger partial charge in [0.05, 0.1) is 31.7 Å². The summed E-state index contributed by atoms with van der Waals surface area (Å²) in [5.74, 6) is 0.288. The molecule has 1 saturated carbocycles. The largest absolute Gasteiger partial charge is 0.466 e. The first kappa shape index (κ1) is 22.3. The average Bonchev–Trinajstić information content (AvgIpc) is 2.80. The smallest absolute Gasteiger partial charge is 0.314 e. The van der Waals surface area contributed by atoms with Crippen LogP contribution < -0.4 is 0 Å². The van der Waals surface area contributed by atoms with Crippen molar-refractivity contribution < 1.29 is 19.1 Å². The minimum absolute atomic E-state index is 0.103. The summed E-state index contributed by atoms with van der Waals surface area (Å²) in [5, 5.41) is 0. The number of ether oxygens (including phenoxy) is 2. The van der Waals surface area contributed by atoms with Gasteiger partial charge in [0, 0.05) is 32.2 Å². The molecule has 2 aliphatic heterocycles. The molecule has 1 amide bonds. The van der Waals surface area contributed by atoms with Gasteiger partial charge in [-0.1, -0.05) is 24.3 Å². The Morgan fingerprint density at radius 2 is 1.94 bits per heavy atom. The van der Waals surface area contributed by atoms with E-state index in [1.165, 1.54) is 0 Å². The van der Waals surface area contributed by atoms with Crippen LogP contribution in [-0.2, 0) is 25.5 Å². The fourth-order valence-electron chi connectivity index (χ4n) is 5.81. The van der Waals surface area contributed by atoms with Crippen LogP contribution >= 0.6 is 0 Å². The zero-order valence-electron chi connectivity index (χ0n) is 19.0. The van der Waals surface area contributed by atoms with Crippen LogP contribution in [0.1, 0.15) is 43.7 Å². The molecule has 2 heterocycles. The number of nitrogens with zero attached hydrogens (tertiary/aromatic N) is 2. The lowest BCUT2D eigenvalue weighted by Gasteiger charge is -2.52. The molecule has 1 aliphatic carbocycles. The molecule has 0 spiro atoms. The average molecular weight is 429 g/mol. The molecule has 0 radical (unpaired) electrons. The van der Waals surface area contributed by atoms with E-state index in [0.717, 1.165) is 69.7 Å². The van der Waals surface area contributed by atoms with Crippen molar-refractivity contribution in [2.45, 2.75) is 52.0 Å². The maximum absolute atomic E-state index is 13.2. The van der Waals surface area contributed by atoms with Gasteiger partial charge in [0.1, 0.15) is 0 Å². The van der Waals surface area contributed by atoms with Crippen molar-refractivity contribution in [3.8, 4) is 0 Å². The predicted octanol–water partition coefficient (Wildman–Crippen LogP) is 2.82. The number of aryl methyl sites for hydroxylation is 1. The number of fused-ring (bicyclic) bond motifs is 1. The molecule has 1 aromatic carbocycles. The lowest BCUT2D eigenvalue weighted by Crippen LogP contribution is -2.59. The summed E-state index contributed by atoms with van der Waals surface area (Å²) in [4.78, 5) is 30.9. The fourth-order valence-corrected chi connectivity index (χ4v) is 5.81. The highest BCUT2D eigenvalue weighted by Crippen LogP contribution is 2.48. The van der Waals surface area contributed by atoms with Crippen LogP contribution in [0.3, 0.4) is 0 Å². The molecular weight excluding hydrogens is 392 g/mol. The van der Waals surface area contributed by atoms with Gasteiger partial charge in [-0.05, 0) is 56.6 Å². The Kier molecular flexibility index (Phi) is 6.97. The molecule has 6 nitrogen and oxygen atoms in total. The van der Waals surface area contributed by atoms with Gasteiger partial charge in [-0.3, -0.25) is 14.5 Å². The summed E-state index contributed by atoms with van der Waals surface area (Å²) >= 11 is 0. The minimum atomic E-state index is -0.557. The topological polar surface area (TPSA) is 59.1 Å². The van der Waals surface area contributed by atoms with Crippen LogP contribution in [0, 0.1) is 18.3 Å². The molecule has 0 bridgehead atoms. The van der Waals surface area contributed by atoms with Gasteiger partial charge in [0.2, 0.25) is 5.91 Å². The van der Waals surface area contributed by atoms with E-state index in [1.54, 1.807) is 0 Å². The third kappa shape index (κ3) is 4.65. The van der Waals surface area contributed by atoms with Crippen LogP contribution in [0.5, 0.6) is 0 Å². The quantitative estimate of drug-likeness (QED) is 0.675. The van der Waals surface area contributed by atoms with Gasteiger partial charge in [-0.25, -0.2) is 0 Å². The van der Waals surface area contributed by atoms with Gasteiger partial charge in [-0.15, -0.1) is 0 Å². The van der Waals surface area contributed by atoms with Gasteiger partial charge >= 0.3 is 5.97 Å². The highest BCUT2D eigenvalue weighted by molar-refractivity contribution is 5.82. The van der Waals surface area contributed by atoms with Crippen molar-refractivity contribution >= 4 is 11.9 Å². The lowest BCUT2D eigenvalue weighted by molar-refractivity contribution is -0.171. The van der Waals surface area contributed by atoms with Crippen molar-refractivity contribution in [1.29, 1.82) is 0 Å². The molecule has 3 aliphatic rings. The molecule has 4 rings (SSSR count). The van der Waals surface area contributed by atoms with Crippen molar-refractivity contribution in [3.05, 3.63) is 35.4 Å². The van der Waals surface area contributed by atoms with E-state index in [-0.39, 0.29) is 17.8 Å². The fraction of sp³-hybridized carbons (Fsp3) is 0.680. The molecule has 0 unspecified atom stereocenters. The first-order chi connectivity index (χ1) is 15.0. The third-order valence-corrected chi connectivity index (χ3v) is 7.68. The maximum Gasteiger partial charge on any atom is 0.314 e. The SMILES string of the molecule is CCOC(=O)[C@@]12CC[C@H](N3CCOCC3)C[C@H]1CCN(C(=O)Cc1ccccc1C)C2. The number of carbonyl (C=O) groups excluding carboxylic acids is 2. The number of amides is 1. The number of hydrogen-bond acceptors (Lipinski definition) is 5. The first-order valence-electron chi connectivity index (χ1n) is 11.8. The van der Waals surface area contributed by atoms with Gasteiger partial charge in [0.25, 0.3) is 0 Å². The molecule has 1 aromatic rings. The van der Waals surface area contributed by atoms with Crippen molar-refractivity contribution in [1.82, 2.24) is 9.80 Å². The van der Waals surface area contributed by atoms with E-state index < -0.39 is 5.41 Å². The summed E-state index contributed by atoms with van der Waals surface area (Å²) in [6, 6.07) is 8.55. The minimum Gasteiger partial charge on any atom is -0.466 e. The van der Waals surface area contributed by atoms with Crippen molar-refractivity contribution in [2.75, 3.05) is 46.0 Å². The normalized spacial score (nSPS) is 29.3. The van der Waals surface area contributed by atoms with E-state index in [9.17, 15) is 9.59 Å². The van der Waals surface area contributed by atoms with Gasteiger partial charge < -0.3 is 14.4 Å². The standard InChI is InChI=1S/C25H36N2O4/c1-3-31-24(29)25-10-8-22(26-12-14-30-15-13-26)17-21(25)9-11-27(18-25)23(28)16-20-7-5-4-6-19(20)2/h4-7,21-22H,3,8-18H2,1-2H3/t21-,22+,25-/m1/s1. The van der Waals surface area contributed by atoms with Gasteiger partial charge in [-0.2, -0.15) is 0 Å². The van der Waals surface area contributed by atoms with Crippen molar-refractivity contribution in [2.24, 2.45) is 11.3 Å². The molecular formula is C25H36N2O4. The van der Waals surface area contributed by atoms with Crippen LogP contribution in [0.25, 0.3) is 0 Å². The molecule has 2 saturated heterocycles. The Morgan fingerprint density at radius 3 is 2.68 bits per heavy atom. The van der Waals surface area contributed by atoms with Crippen molar-refractivity contribution in [3.63, 3.8) is 0 Å². The molecule has 3 atom stereocenters. The molecule has 0 N–H and O–H groups in total. The number of hydrogen-bond donors (Lipinski definition) is 0. The molecule has 170 valence electrons. The Labute approximate surface area is 185 Å². The molecule has 31 heavy (non-hydrogen) atoms. The second-order valence-electron chi connectivity index (χ2n) is 9.36. The summed E-state index contributed by atoms with van der Waals surface area (Å²) < 4.78 is 11.1. The zero-order valence-corrected chi connectivity index (χ0v) is 19.0. The Balaban J connectivity index is 1.49. The summed E-state index contributed by atoms with van der Waals surface area (Å²) in [7, 11) is 0. The summed E-state index contributed by atoms with van der Waals surface area (Å²) in [6.45, 7) is 9.07. The predicted molar refractivity (Wildman–Crippen MR) is 119 cm³/mol. The maximum atomic E-state index is 13.2. The lowest BCUT2D eigenvalue weighted by atomic mass is 9.61. The van der Waals surface area contributed by atoms with Crippen LogP contribution in [0.2, 0.25) is 0 Å². The second kappa shape index (κ2) is 9.70. The number of rotatable bonds is 5. The Hall–Kier alpha value is -1.92. The van der Waals surface area contributed by atoms with E-state index in [0.29, 0.717) is 25.6 Å². The Bertz CT molecular complexity index is 791. The third-order valence-electron chi connectivity index (χ3n) is 7.68. The number of carbonyl (C=O) groups is 2. The molecule has 3 fully saturated rings. The number of esters is 1. The number of likely N-dealkylation sites (tertiary alicyclic amines) is 1. The highest BCUT2D eigenvalue weighted by atomic mass is 16.5. The van der Waals surface area contributed by atoms with E-state index in [1.807, 2.05) is 43.0 Å². The monoisotopic (exact) mass is 428 g/mol. The summed E-state index contributed by atoms with van der Waals surface area (Å²) in [5.41, 5.74) is 1.64. The number of piperidine rings is 1. The highest BCUT2D eigenvalue weighted by Gasteiger charge is 2.54. The van der Waals surface area contributed by atoms with Crippen LogP contribution in [-0.4, -0.2) is 73.7 Å². The van der Waals surface area contributed by atoms with Crippen LogP contribution in [0.15, 0.2) is 24.3 Å². The number of morpholine rings is 1. The molecule has 6 heteroatoms. The second-order valence-corrected chi connectivity index (χ2v) is 9.36.